The first-order chi connectivity index (χ1) is 9.04. The van der Waals surface area contributed by atoms with E-state index in [1.807, 2.05) is 0 Å². The van der Waals surface area contributed by atoms with Gasteiger partial charge in [-0.2, -0.15) is 11.8 Å². The van der Waals surface area contributed by atoms with Crippen LogP contribution in [0, 0.1) is 0 Å². The number of carboxylic acid groups (broad SMARTS) is 1. The predicted molar refractivity (Wildman–Crippen MR) is 72.4 cm³/mol. The van der Waals surface area contributed by atoms with Gasteiger partial charge in [0.15, 0.2) is 0 Å². The lowest BCUT2D eigenvalue weighted by atomic mass is 10.2. The van der Waals surface area contributed by atoms with Crippen LogP contribution in [-0.4, -0.2) is 65.4 Å². The molecule has 1 saturated heterocycles. The quantitative estimate of drug-likeness (QED) is 0.781. The number of ether oxygens (including phenoxy) is 1. The summed E-state index contributed by atoms with van der Waals surface area (Å²) in [6, 6.07) is -0.112. The smallest absolute Gasteiger partial charge is 0.317 e. The molecule has 2 rings (SSSR count). The molecule has 19 heavy (non-hydrogen) atoms. The minimum absolute atomic E-state index is 0.0570. The Morgan fingerprint density at radius 1 is 1.53 bits per heavy atom. The fourth-order valence-corrected chi connectivity index (χ4v) is 2.89. The molecule has 1 unspecified atom stereocenters. The fraction of sp³-hybridized carbons (Fsp3) is 0.833. The average molecular weight is 288 g/mol. The lowest BCUT2D eigenvalue weighted by Crippen LogP contribution is -2.51. The van der Waals surface area contributed by atoms with Crippen LogP contribution in [0.5, 0.6) is 0 Å². The summed E-state index contributed by atoms with van der Waals surface area (Å²) >= 11 is 1.80. The number of thioether (sulfide) groups is 1. The fourth-order valence-electron chi connectivity index (χ4n) is 2.16. The van der Waals surface area contributed by atoms with Crippen molar-refractivity contribution in [2.75, 3.05) is 32.5 Å². The number of urea groups is 1. The summed E-state index contributed by atoms with van der Waals surface area (Å²) in [4.78, 5) is 24.3. The highest BCUT2D eigenvalue weighted by atomic mass is 32.2. The first-order valence-corrected chi connectivity index (χ1v) is 7.68. The van der Waals surface area contributed by atoms with Crippen LogP contribution in [-0.2, 0) is 9.53 Å². The van der Waals surface area contributed by atoms with Gasteiger partial charge in [-0.05, 0) is 19.1 Å². The van der Waals surface area contributed by atoms with Crippen LogP contribution >= 0.6 is 11.8 Å². The van der Waals surface area contributed by atoms with Crippen LogP contribution in [0.4, 0.5) is 4.79 Å². The van der Waals surface area contributed by atoms with Gasteiger partial charge in [-0.25, -0.2) is 4.79 Å². The van der Waals surface area contributed by atoms with Crippen molar-refractivity contribution in [3.63, 3.8) is 0 Å². The van der Waals surface area contributed by atoms with Gasteiger partial charge >= 0.3 is 12.0 Å². The third-order valence-electron chi connectivity index (χ3n) is 3.63. The molecule has 2 fully saturated rings. The van der Waals surface area contributed by atoms with E-state index >= 15 is 0 Å². The topological polar surface area (TPSA) is 78.9 Å². The minimum Gasteiger partial charge on any atom is -0.481 e. The number of hydrogen-bond acceptors (Lipinski definition) is 4. The van der Waals surface area contributed by atoms with E-state index in [2.05, 4.69) is 11.6 Å². The van der Waals surface area contributed by atoms with E-state index in [1.165, 1.54) is 0 Å². The molecule has 7 heteroatoms. The largest absolute Gasteiger partial charge is 0.481 e. The molecule has 2 N–H and O–H groups in total. The number of hydrogen-bond donors (Lipinski definition) is 2. The molecule has 0 spiro atoms. The van der Waals surface area contributed by atoms with Crippen LogP contribution < -0.4 is 5.32 Å². The van der Waals surface area contributed by atoms with Crippen LogP contribution in [0.2, 0.25) is 0 Å². The Bertz CT molecular complexity index is 360. The number of amides is 2. The molecule has 0 aromatic heterocycles. The van der Waals surface area contributed by atoms with Crippen molar-refractivity contribution >= 4 is 23.8 Å². The summed E-state index contributed by atoms with van der Waals surface area (Å²) in [5, 5.41) is 11.7. The lowest BCUT2D eigenvalue weighted by Gasteiger charge is -2.32. The van der Waals surface area contributed by atoms with Crippen molar-refractivity contribution in [3.05, 3.63) is 0 Å². The predicted octanol–water partition coefficient (Wildman–Crippen LogP) is 0.767. The molecule has 1 heterocycles. The normalized spacial score (nSPS) is 24.9. The molecular weight excluding hydrogens is 268 g/mol. The molecule has 0 bridgehead atoms. The zero-order valence-electron chi connectivity index (χ0n) is 11.1. The number of aliphatic carboxylic acids is 1. The standard InChI is InChI=1S/C12H20N2O4S/c1-19-12(2-3-12)8-13-11(17)14-4-5-18-9(7-14)6-10(15)16/h9H,2-8H2,1H3,(H,13,17)(H,15,16). The van der Waals surface area contributed by atoms with Crippen molar-refractivity contribution in [1.82, 2.24) is 10.2 Å². The number of morpholine rings is 1. The van der Waals surface area contributed by atoms with Crippen molar-refractivity contribution in [3.8, 4) is 0 Å². The molecule has 2 amide bonds. The molecule has 1 saturated carbocycles. The molecule has 1 aliphatic carbocycles. The van der Waals surface area contributed by atoms with Crippen LogP contribution in [0.1, 0.15) is 19.3 Å². The maximum absolute atomic E-state index is 12.0. The Morgan fingerprint density at radius 2 is 2.26 bits per heavy atom. The number of carbonyl (C=O) groups excluding carboxylic acids is 1. The molecule has 0 aromatic carbocycles. The Kier molecular flexibility index (Phi) is 4.57. The highest BCUT2D eigenvalue weighted by Crippen LogP contribution is 2.46. The van der Waals surface area contributed by atoms with E-state index in [9.17, 15) is 9.59 Å². The number of carboxylic acids is 1. The van der Waals surface area contributed by atoms with Crippen molar-refractivity contribution in [2.45, 2.75) is 30.1 Å². The van der Waals surface area contributed by atoms with Crippen molar-refractivity contribution in [1.29, 1.82) is 0 Å². The maximum atomic E-state index is 12.0. The Balaban J connectivity index is 1.76. The Hall–Kier alpha value is -0.950. The second-order valence-corrected chi connectivity index (χ2v) is 6.36. The summed E-state index contributed by atoms with van der Waals surface area (Å²) in [5.74, 6) is -0.897. The van der Waals surface area contributed by atoms with Crippen LogP contribution in [0.25, 0.3) is 0 Å². The van der Waals surface area contributed by atoms with Gasteiger partial charge in [-0.1, -0.05) is 0 Å². The van der Waals surface area contributed by atoms with Gasteiger partial charge in [-0.15, -0.1) is 0 Å². The van der Waals surface area contributed by atoms with E-state index < -0.39 is 12.1 Å². The second-order valence-electron chi connectivity index (χ2n) is 5.08. The molecule has 0 radical (unpaired) electrons. The first kappa shape index (κ1) is 14.5. The van der Waals surface area contributed by atoms with Gasteiger partial charge in [0.1, 0.15) is 0 Å². The summed E-state index contributed by atoms with van der Waals surface area (Å²) in [6.45, 7) is 1.96. The number of nitrogens with zero attached hydrogens (tertiary/aromatic N) is 1. The lowest BCUT2D eigenvalue weighted by molar-refractivity contribution is -0.141. The van der Waals surface area contributed by atoms with Gasteiger partial charge < -0.3 is 20.1 Å². The first-order valence-electron chi connectivity index (χ1n) is 6.46. The Labute approximate surface area is 116 Å². The maximum Gasteiger partial charge on any atom is 0.317 e. The van der Waals surface area contributed by atoms with Gasteiger partial charge in [0.25, 0.3) is 0 Å². The van der Waals surface area contributed by atoms with E-state index in [4.69, 9.17) is 9.84 Å². The molecular formula is C12H20N2O4S. The van der Waals surface area contributed by atoms with Gasteiger partial charge in [-0.3, -0.25) is 4.79 Å². The zero-order valence-corrected chi connectivity index (χ0v) is 11.9. The van der Waals surface area contributed by atoms with Crippen LogP contribution in [0.15, 0.2) is 0 Å². The molecule has 1 aliphatic heterocycles. The minimum atomic E-state index is -0.897. The SMILES string of the molecule is CSC1(CNC(=O)N2CCOC(CC(=O)O)C2)CC1. The molecule has 6 nitrogen and oxygen atoms in total. The van der Waals surface area contributed by atoms with E-state index in [-0.39, 0.29) is 17.2 Å². The Morgan fingerprint density at radius 3 is 2.84 bits per heavy atom. The van der Waals surface area contributed by atoms with Gasteiger partial charge in [0, 0.05) is 24.4 Å². The highest BCUT2D eigenvalue weighted by molar-refractivity contribution is 8.00. The van der Waals surface area contributed by atoms with Gasteiger partial charge in [0.2, 0.25) is 0 Å². The summed E-state index contributed by atoms with van der Waals surface area (Å²) < 4.78 is 5.58. The van der Waals surface area contributed by atoms with Crippen LogP contribution in [0.3, 0.4) is 0 Å². The monoisotopic (exact) mass is 288 g/mol. The number of nitrogens with one attached hydrogen (secondary N) is 1. The summed E-state index contributed by atoms with van der Waals surface area (Å²) in [6.07, 6.45) is 3.92. The summed E-state index contributed by atoms with van der Waals surface area (Å²) in [7, 11) is 0. The molecule has 2 aliphatic rings. The van der Waals surface area contributed by atoms with E-state index in [1.54, 1.807) is 16.7 Å². The number of rotatable bonds is 5. The van der Waals surface area contributed by atoms with Gasteiger partial charge in [0.05, 0.1) is 19.1 Å². The second kappa shape index (κ2) is 6.00. The molecule has 0 aromatic rings. The average Bonchev–Trinajstić information content (AvgIpc) is 3.16. The third-order valence-corrected chi connectivity index (χ3v) is 5.05. The van der Waals surface area contributed by atoms with Crippen molar-refractivity contribution < 1.29 is 19.4 Å². The number of carbonyl (C=O) groups is 2. The third kappa shape index (κ3) is 4.01. The zero-order chi connectivity index (χ0) is 13.9. The molecule has 1 atom stereocenters. The van der Waals surface area contributed by atoms with E-state index in [0.29, 0.717) is 26.2 Å². The summed E-state index contributed by atoms with van der Waals surface area (Å²) in [5.41, 5.74) is 0. The molecule has 108 valence electrons. The highest BCUT2D eigenvalue weighted by Gasteiger charge is 2.42. The van der Waals surface area contributed by atoms with E-state index in [0.717, 1.165) is 12.8 Å². The van der Waals surface area contributed by atoms with Crippen molar-refractivity contribution in [2.24, 2.45) is 0 Å².